The van der Waals surface area contributed by atoms with Crippen LogP contribution in [0.2, 0.25) is 0 Å². The van der Waals surface area contributed by atoms with Crippen LogP contribution in [-0.4, -0.2) is 17.9 Å². The molecule has 1 fully saturated rings. The molecule has 0 aromatic heterocycles. The average Bonchev–Trinajstić information content (AvgIpc) is 2.42. The summed E-state index contributed by atoms with van der Waals surface area (Å²) in [6.07, 6.45) is 3.01. The van der Waals surface area contributed by atoms with Gasteiger partial charge in [0.1, 0.15) is 0 Å². The third-order valence-corrected chi connectivity index (χ3v) is 3.42. The van der Waals surface area contributed by atoms with Crippen LogP contribution in [0.1, 0.15) is 44.2 Å². The molecule has 0 spiro atoms. The second-order valence-electron chi connectivity index (χ2n) is 4.92. The van der Waals surface area contributed by atoms with E-state index in [9.17, 15) is 9.59 Å². The number of benzene rings is 1. The zero-order valence-electron chi connectivity index (χ0n) is 11.2. The van der Waals surface area contributed by atoms with Crippen LogP contribution >= 0.6 is 0 Å². The third kappa shape index (κ3) is 3.64. The highest BCUT2D eigenvalue weighted by Gasteiger charge is 2.28. The predicted molar refractivity (Wildman–Crippen MR) is 73.4 cm³/mol. The van der Waals surface area contributed by atoms with Crippen molar-refractivity contribution in [3.8, 4) is 0 Å². The van der Waals surface area contributed by atoms with E-state index in [1.807, 2.05) is 18.2 Å². The van der Waals surface area contributed by atoms with E-state index < -0.39 is 0 Å². The molecule has 0 radical (unpaired) electrons. The Balaban J connectivity index is 2.05. The number of imide groups is 1. The fourth-order valence-corrected chi connectivity index (χ4v) is 2.42. The molecular formula is C15H20N2O2. The minimum atomic E-state index is -0.269. The lowest BCUT2D eigenvalue weighted by atomic mass is 9.98. The van der Waals surface area contributed by atoms with Crippen molar-refractivity contribution in [3.63, 3.8) is 0 Å². The summed E-state index contributed by atoms with van der Waals surface area (Å²) in [5, 5.41) is 5.77. The quantitative estimate of drug-likeness (QED) is 0.795. The SMILES string of the molecule is CCCC(NC1CCC(=O)NC1=O)c1ccccc1. The molecule has 4 heteroatoms. The van der Waals surface area contributed by atoms with Gasteiger partial charge in [0.15, 0.2) is 0 Å². The minimum Gasteiger partial charge on any atom is -0.299 e. The Labute approximate surface area is 113 Å². The summed E-state index contributed by atoms with van der Waals surface area (Å²) in [7, 11) is 0. The van der Waals surface area contributed by atoms with Gasteiger partial charge in [-0.2, -0.15) is 0 Å². The van der Waals surface area contributed by atoms with Gasteiger partial charge in [0.05, 0.1) is 6.04 Å². The number of nitrogens with one attached hydrogen (secondary N) is 2. The minimum absolute atomic E-state index is 0.162. The van der Waals surface area contributed by atoms with Crippen molar-refractivity contribution in [2.45, 2.75) is 44.7 Å². The fraction of sp³-hybridized carbons (Fsp3) is 0.467. The van der Waals surface area contributed by atoms with E-state index in [2.05, 4.69) is 29.7 Å². The molecule has 0 bridgehead atoms. The lowest BCUT2D eigenvalue weighted by Crippen LogP contribution is -2.51. The van der Waals surface area contributed by atoms with Crippen LogP contribution in [0.3, 0.4) is 0 Å². The molecule has 4 nitrogen and oxygen atoms in total. The Morgan fingerprint density at radius 1 is 1.32 bits per heavy atom. The molecule has 0 aliphatic carbocycles. The Hall–Kier alpha value is -1.68. The maximum Gasteiger partial charge on any atom is 0.243 e. The Morgan fingerprint density at radius 3 is 2.68 bits per heavy atom. The van der Waals surface area contributed by atoms with Crippen LogP contribution in [-0.2, 0) is 9.59 Å². The molecule has 1 aliphatic heterocycles. The first kappa shape index (κ1) is 13.7. The van der Waals surface area contributed by atoms with Crippen molar-refractivity contribution in [1.29, 1.82) is 0 Å². The molecule has 1 heterocycles. The first-order chi connectivity index (χ1) is 9.20. The lowest BCUT2D eigenvalue weighted by molar-refractivity contribution is -0.134. The number of carbonyl (C=O) groups is 2. The number of hydrogen-bond donors (Lipinski definition) is 2. The van der Waals surface area contributed by atoms with Gasteiger partial charge in [0, 0.05) is 12.5 Å². The largest absolute Gasteiger partial charge is 0.299 e. The number of rotatable bonds is 5. The molecule has 0 saturated carbocycles. The smallest absolute Gasteiger partial charge is 0.243 e. The zero-order valence-corrected chi connectivity index (χ0v) is 11.2. The molecule has 102 valence electrons. The maximum absolute atomic E-state index is 11.8. The van der Waals surface area contributed by atoms with Crippen LogP contribution in [0.5, 0.6) is 0 Å². The molecule has 1 aromatic rings. The van der Waals surface area contributed by atoms with Gasteiger partial charge in [-0.15, -0.1) is 0 Å². The molecule has 2 atom stereocenters. The van der Waals surface area contributed by atoms with Crippen molar-refractivity contribution in [2.75, 3.05) is 0 Å². The predicted octanol–water partition coefficient (Wildman–Crippen LogP) is 1.92. The van der Waals surface area contributed by atoms with Gasteiger partial charge >= 0.3 is 0 Å². The molecule has 1 saturated heterocycles. The van der Waals surface area contributed by atoms with E-state index in [0.717, 1.165) is 12.8 Å². The Bertz CT molecular complexity index is 445. The van der Waals surface area contributed by atoms with Crippen molar-refractivity contribution in [1.82, 2.24) is 10.6 Å². The van der Waals surface area contributed by atoms with Crippen molar-refractivity contribution in [2.24, 2.45) is 0 Å². The molecule has 2 rings (SSSR count). The van der Waals surface area contributed by atoms with Gasteiger partial charge in [0.2, 0.25) is 11.8 Å². The van der Waals surface area contributed by atoms with E-state index in [1.54, 1.807) is 0 Å². The van der Waals surface area contributed by atoms with Gasteiger partial charge in [-0.1, -0.05) is 43.7 Å². The molecule has 1 aliphatic rings. The monoisotopic (exact) mass is 260 g/mol. The number of amides is 2. The number of piperidine rings is 1. The highest BCUT2D eigenvalue weighted by atomic mass is 16.2. The number of carbonyl (C=O) groups excluding carboxylic acids is 2. The number of hydrogen-bond acceptors (Lipinski definition) is 3. The van der Waals surface area contributed by atoms with Gasteiger partial charge in [-0.05, 0) is 18.4 Å². The van der Waals surface area contributed by atoms with Gasteiger partial charge in [0.25, 0.3) is 0 Å². The average molecular weight is 260 g/mol. The molecule has 2 unspecified atom stereocenters. The van der Waals surface area contributed by atoms with E-state index in [4.69, 9.17) is 0 Å². The van der Waals surface area contributed by atoms with Crippen LogP contribution in [0, 0.1) is 0 Å². The van der Waals surface area contributed by atoms with Crippen molar-refractivity contribution in [3.05, 3.63) is 35.9 Å². The highest BCUT2D eigenvalue weighted by molar-refractivity contribution is 6.00. The summed E-state index contributed by atoms with van der Waals surface area (Å²) in [4.78, 5) is 22.9. The summed E-state index contributed by atoms with van der Waals surface area (Å²) in [5.74, 6) is -0.372. The van der Waals surface area contributed by atoms with Crippen LogP contribution in [0.4, 0.5) is 0 Å². The van der Waals surface area contributed by atoms with Crippen LogP contribution < -0.4 is 10.6 Å². The summed E-state index contributed by atoms with van der Waals surface area (Å²) < 4.78 is 0. The van der Waals surface area contributed by atoms with Gasteiger partial charge in [-0.25, -0.2) is 0 Å². The first-order valence-corrected chi connectivity index (χ1v) is 6.85. The van der Waals surface area contributed by atoms with Crippen LogP contribution in [0.25, 0.3) is 0 Å². The first-order valence-electron chi connectivity index (χ1n) is 6.85. The molecule has 19 heavy (non-hydrogen) atoms. The van der Waals surface area contributed by atoms with E-state index in [0.29, 0.717) is 12.8 Å². The molecular weight excluding hydrogens is 240 g/mol. The van der Waals surface area contributed by atoms with Gasteiger partial charge in [-0.3, -0.25) is 20.2 Å². The highest BCUT2D eigenvalue weighted by Crippen LogP contribution is 2.20. The summed E-state index contributed by atoms with van der Waals surface area (Å²) in [6, 6.07) is 10.0. The fourth-order valence-electron chi connectivity index (χ4n) is 2.42. The standard InChI is InChI=1S/C15H20N2O2/c1-2-6-12(11-7-4-3-5-8-11)16-13-9-10-14(18)17-15(13)19/h3-5,7-8,12-13,16H,2,6,9-10H2,1H3,(H,17,18,19). The topological polar surface area (TPSA) is 58.2 Å². The Morgan fingerprint density at radius 2 is 2.05 bits per heavy atom. The third-order valence-electron chi connectivity index (χ3n) is 3.42. The van der Waals surface area contributed by atoms with Crippen molar-refractivity contribution >= 4 is 11.8 Å². The summed E-state index contributed by atoms with van der Waals surface area (Å²) in [5.41, 5.74) is 1.19. The van der Waals surface area contributed by atoms with E-state index in [1.165, 1.54) is 5.56 Å². The molecule has 2 amide bonds. The Kier molecular flexibility index (Phi) is 4.68. The summed E-state index contributed by atoms with van der Waals surface area (Å²) >= 11 is 0. The normalized spacial score (nSPS) is 21.0. The van der Waals surface area contributed by atoms with Crippen molar-refractivity contribution < 1.29 is 9.59 Å². The van der Waals surface area contributed by atoms with Gasteiger partial charge < -0.3 is 0 Å². The van der Waals surface area contributed by atoms with Crippen LogP contribution in [0.15, 0.2) is 30.3 Å². The maximum atomic E-state index is 11.8. The molecule has 1 aromatic carbocycles. The molecule has 2 N–H and O–H groups in total. The zero-order chi connectivity index (χ0) is 13.7. The second-order valence-corrected chi connectivity index (χ2v) is 4.92. The summed E-state index contributed by atoms with van der Waals surface area (Å²) in [6.45, 7) is 2.13. The van der Waals surface area contributed by atoms with E-state index in [-0.39, 0.29) is 23.9 Å². The lowest BCUT2D eigenvalue weighted by Gasteiger charge is -2.27. The second kappa shape index (κ2) is 6.48. The van der Waals surface area contributed by atoms with E-state index >= 15 is 0 Å².